The van der Waals surface area contributed by atoms with E-state index in [1.165, 1.54) is 11.5 Å². The lowest BCUT2D eigenvalue weighted by molar-refractivity contribution is 0.0747. The molecule has 1 aromatic heterocycles. The second kappa shape index (κ2) is 7.84. The van der Waals surface area contributed by atoms with Gasteiger partial charge in [0.1, 0.15) is 0 Å². The first kappa shape index (κ1) is 18.2. The first-order valence-corrected chi connectivity index (χ1v) is 10.0. The number of aromatic nitrogens is 2. The molecule has 0 unspecified atom stereocenters. The summed E-state index contributed by atoms with van der Waals surface area (Å²) in [6, 6.07) is 15.0. The second-order valence-electron chi connectivity index (χ2n) is 6.15. The van der Waals surface area contributed by atoms with Crippen LogP contribution in [0.15, 0.2) is 48.5 Å². The van der Waals surface area contributed by atoms with Crippen molar-refractivity contribution >= 4 is 45.8 Å². The lowest BCUT2D eigenvalue weighted by Crippen LogP contribution is -2.48. The van der Waals surface area contributed by atoms with Gasteiger partial charge in [-0.1, -0.05) is 59.6 Å². The number of halogens is 2. The van der Waals surface area contributed by atoms with Gasteiger partial charge in [-0.25, -0.2) is 0 Å². The van der Waals surface area contributed by atoms with Crippen molar-refractivity contribution in [2.75, 3.05) is 31.1 Å². The van der Waals surface area contributed by atoms with Crippen LogP contribution in [0.5, 0.6) is 0 Å². The molecule has 1 fully saturated rings. The number of anilines is 1. The topological polar surface area (TPSA) is 49.3 Å². The van der Waals surface area contributed by atoms with Crippen molar-refractivity contribution in [2.45, 2.75) is 0 Å². The van der Waals surface area contributed by atoms with Gasteiger partial charge in [0.15, 0.2) is 5.82 Å². The van der Waals surface area contributed by atoms with Gasteiger partial charge in [-0.05, 0) is 12.1 Å². The third kappa shape index (κ3) is 3.78. The SMILES string of the molecule is O=C(c1cccc(Cl)c1Cl)N1CCN(c2nc(-c3ccccc3)ns2)CC1. The Bertz CT molecular complexity index is 955. The quantitative estimate of drug-likeness (QED) is 0.629. The van der Waals surface area contributed by atoms with E-state index in [9.17, 15) is 4.79 Å². The van der Waals surface area contributed by atoms with E-state index in [0.717, 1.165) is 16.5 Å². The predicted octanol–water partition coefficient (Wildman–Crippen LogP) is 4.47. The minimum Gasteiger partial charge on any atom is -0.343 e. The molecule has 0 N–H and O–H groups in total. The van der Waals surface area contributed by atoms with Crippen molar-refractivity contribution in [3.8, 4) is 11.4 Å². The molecule has 1 saturated heterocycles. The van der Waals surface area contributed by atoms with Gasteiger partial charge < -0.3 is 9.80 Å². The molecule has 0 spiro atoms. The number of piperazine rings is 1. The molecule has 8 heteroatoms. The maximum Gasteiger partial charge on any atom is 0.255 e. The highest BCUT2D eigenvalue weighted by atomic mass is 35.5. The van der Waals surface area contributed by atoms with Crippen LogP contribution in [0.1, 0.15) is 10.4 Å². The van der Waals surface area contributed by atoms with Crippen molar-refractivity contribution in [3.05, 3.63) is 64.1 Å². The number of hydrogen-bond donors (Lipinski definition) is 0. The van der Waals surface area contributed by atoms with Crippen LogP contribution in [-0.2, 0) is 0 Å². The smallest absolute Gasteiger partial charge is 0.255 e. The fourth-order valence-corrected chi connectivity index (χ4v) is 4.11. The number of carbonyl (C=O) groups is 1. The van der Waals surface area contributed by atoms with Crippen LogP contribution in [0.2, 0.25) is 10.0 Å². The molecule has 0 aliphatic carbocycles. The number of hydrogen-bond acceptors (Lipinski definition) is 5. The van der Waals surface area contributed by atoms with Crippen LogP contribution in [0, 0.1) is 0 Å². The molecule has 5 nitrogen and oxygen atoms in total. The van der Waals surface area contributed by atoms with Crippen LogP contribution in [0.3, 0.4) is 0 Å². The van der Waals surface area contributed by atoms with Crippen molar-refractivity contribution in [2.24, 2.45) is 0 Å². The molecule has 0 radical (unpaired) electrons. The van der Waals surface area contributed by atoms with Gasteiger partial charge in [0.2, 0.25) is 5.13 Å². The lowest BCUT2D eigenvalue weighted by Gasteiger charge is -2.34. The Kier molecular flexibility index (Phi) is 5.29. The standard InChI is InChI=1S/C19H16Cl2N4OS/c20-15-8-4-7-14(16(15)21)18(26)24-9-11-25(12-10-24)19-22-17(23-27-19)13-5-2-1-3-6-13/h1-8H,9-12H2. The molecular weight excluding hydrogens is 403 g/mol. The number of amides is 1. The highest BCUT2D eigenvalue weighted by Gasteiger charge is 2.25. The van der Waals surface area contributed by atoms with Gasteiger partial charge in [0.25, 0.3) is 5.91 Å². The van der Waals surface area contributed by atoms with Gasteiger partial charge in [-0.3, -0.25) is 4.79 Å². The van der Waals surface area contributed by atoms with Crippen molar-refractivity contribution in [1.29, 1.82) is 0 Å². The maximum atomic E-state index is 12.7. The van der Waals surface area contributed by atoms with Crippen LogP contribution >= 0.6 is 34.7 Å². The Hall–Kier alpha value is -2.15. The summed E-state index contributed by atoms with van der Waals surface area (Å²) >= 11 is 13.6. The zero-order valence-corrected chi connectivity index (χ0v) is 16.6. The Balaban J connectivity index is 1.43. The molecule has 0 saturated carbocycles. The predicted molar refractivity (Wildman–Crippen MR) is 110 cm³/mol. The molecule has 1 amide bonds. The van der Waals surface area contributed by atoms with Gasteiger partial charge in [-0.15, -0.1) is 0 Å². The first-order chi connectivity index (χ1) is 13.1. The number of nitrogens with zero attached hydrogens (tertiary/aromatic N) is 4. The van der Waals surface area contributed by atoms with E-state index < -0.39 is 0 Å². The van der Waals surface area contributed by atoms with E-state index in [4.69, 9.17) is 23.2 Å². The van der Waals surface area contributed by atoms with Crippen LogP contribution in [0.4, 0.5) is 5.13 Å². The largest absolute Gasteiger partial charge is 0.343 e. The molecule has 0 atom stereocenters. The summed E-state index contributed by atoms with van der Waals surface area (Å²) in [5, 5.41) is 1.58. The Morgan fingerprint density at radius 2 is 1.70 bits per heavy atom. The third-order valence-corrected chi connectivity index (χ3v) is 6.06. The molecule has 138 valence electrons. The number of rotatable bonds is 3. The number of carbonyl (C=O) groups excluding carboxylic acids is 1. The zero-order valence-electron chi connectivity index (χ0n) is 14.3. The lowest BCUT2D eigenvalue weighted by atomic mass is 10.2. The molecule has 4 rings (SSSR count). The second-order valence-corrected chi connectivity index (χ2v) is 7.66. The Labute approximate surface area is 171 Å². The summed E-state index contributed by atoms with van der Waals surface area (Å²) in [6.07, 6.45) is 0. The highest BCUT2D eigenvalue weighted by Crippen LogP contribution is 2.28. The Morgan fingerprint density at radius 3 is 2.44 bits per heavy atom. The van der Waals surface area contributed by atoms with Gasteiger partial charge in [-0.2, -0.15) is 9.36 Å². The average Bonchev–Trinajstić information content (AvgIpc) is 3.21. The van der Waals surface area contributed by atoms with E-state index in [1.54, 1.807) is 23.1 Å². The van der Waals surface area contributed by atoms with Crippen LogP contribution < -0.4 is 4.90 Å². The molecule has 1 aliphatic heterocycles. The summed E-state index contributed by atoms with van der Waals surface area (Å²) in [4.78, 5) is 21.4. The molecule has 1 aliphatic rings. The van der Waals surface area contributed by atoms with Crippen LogP contribution in [-0.4, -0.2) is 46.3 Å². The monoisotopic (exact) mass is 418 g/mol. The molecule has 2 aromatic carbocycles. The fourth-order valence-electron chi connectivity index (χ4n) is 2.99. The van der Waals surface area contributed by atoms with E-state index in [0.29, 0.717) is 41.8 Å². The van der Waals surface area contributed by atoms with Crippen LogP contribution in [0.25, 0.3) is 11.4 Å². The highest BCUT2D eigenvalue weighted by molar-refractivity contribution is 7.09. The van der Waals surface area contributed by atoms with Gasteiger partial charge in [0.05, 0.1) is 15.6 Å². The maximum absolute atomic E-state index is 12.7. The molecule has 2 heterocycles. The molecule has 0 bridgehead atoms. The number of benzene rings is 2. The summed E-state index contributed by atoms with van der Waals surface area (Å²) in [5.74, 6) is 0.643. The summed E-state index contributed by atoms with van der Waals surface area (Å²) < 4.78 is 4.46. The van der Waals surface area contributed by atoms with Gasteiger partial charge in [0, 0.05) is 43.3 Å². The average molecular weight is 419 g/mol. The van der Waals surface area contributed by atoms with E-state index in [1.807, 2.05) is 30.3 Å². The minimum atomic E-state index is -0.0932. The first-order valence-electron chi connectivity index (χ1n) is 8.51. The normalized spacial score (nSPS) is 14.4. The van der Waals surface area contributed by atoms with Crippen molar-refractivity contribution in [1.82, 2.24) is 14.3 Å². The minimum absolute atomic E-state index is 0.0932. The Morgan fingerprint density at radius 1 is 0.963 bits per heavy atom. The van der Waals surface area contributed by atoms with E-state index >= 15 is 0 Å². The fraction of sp³-hybridized carbons (Fsp3) is 0.211. The summed E-state index contributed by atoms with van der Waals surface area (Å²) in [7, 11) is 0. The van der Waals surface area contributed by atoms with Gasteiger partial charge >= 0.3 is 0 Å². The van der Waals surface area contributed by atoms with Crippen molar-refractivity contribution in [3.63, 3.8) is 0 Å². The van der Waals surface area contributed by atoms with E-state index in [2.05, 4.69) is 14.3 Å². The van der Waals surface area contributed by atoms with E-state index in [-0.39, 0.29) is 5.91 Å². The third-order valence-electron chi connectivity index (χ3n) is 4.47. The van der Waals surface area contributed by atoms with Crippen molar-refractivity contribution < 1.29 is 4.79 Å². The molecule has 3 aromatic rings. The summed E-state index contributed by atoms with van der Waals surface area (Å²) in [5.41, 5.74) is 1.45. The summed E-state index contributed by atoms with van der Waals surface area (Å²) in [6.45, 7) is 2.60. The molecular formula is C19H16Cl2N4OS. The zero-order chi connectivity index (χ0) is 18.8. The molecule has 27 heavy (non-hydrogen) atoms.